The molecule has 0 spiro atoms. The third-order valence-corrected chi connectivity index (χ3v) is 4.73. The molecular weight excluding hydrogens is 378 g/mol. The van der Waals surface area contributed by atoms with Crippen LogP contribution in [0.1, 0.15) is 11.3 Å². The molecule has 1 amide bonds. The summed E-state index contributed by atoms with van der Waals surface area (Å²) in [5.41, 5.74) is 1.33. The number of nitrogens with one attached hydrogen (secondary N) is 1. The first kappa shape index (κ1) is 19.4. The molecule has 0 atom stereocenters. The molecule has 0 radical (unpaired) electrons. The summed E-state index contributed by atoms with van der Waals surface area (Å²) >= 11 is 0. The van der Waals surface area contributed by atoms with Crippen molar-refractivity contribution in [2.75, 3.05) is 0 Å². The van der Waals surface area contributed by atoms with E-state index in [1.807, 2.05) is 66.7 Å². The molecule has 1 aromatic heterocycles. The molecule has 1 heterocycles. The first-order chi connectivity index (χ1) is 14.6. The zero-order valence-electron chi connectivity index (χ0n) is 16.5. The summed E-state index contributed by atoms with van der Waals surface area (Å²) in [6.45, 7) is 0.370. The van der Waals surface area contributed by atoms with Gasteiger partial charge in [0.2, 0.25) is 5.91 Å². The van der Waals surface area contributed by atoms with Gasteiger partial charge in [0.25, 0.3) is 5.56 Å². The number of hydrogen-bond acceptors (Lipinski definition) is 4. The van der Waals surface area contributed by atoms with E-state index < -0.39 is 0 Å². The lowest BCUT2D eigenvalue weighted by molar-refractivity contribution is -0.120. The Morgan fingerprint density at radius 1 is 0.933 bits per heavy atom. The van der Waals surface area contributed by atoms with Crippen molar-refractivity contribution in [1.82, 2.24) is 15.1 Å². The second-order valence-electron chi connectivity index (χ2n) is 6.94. The fourth-order valence-electron chi connectivity index (χ4n) is 3.27. The van der Waals surface area contributed by atoms with E-state index in [1.165, 1.54) is 4.68 Å². The molecule has 1 N–H and O–H groups in total. The van der Waals surface area contributed by atoms with Crippen molar-refractivity contribution in [3.63, 3.8) is 0 Å². The smallest absolute Gasteiger partial charge is 0.274 e. The van der Waals surface area contributed by atoms with Gasteiger partial charge >= 0.3 is 0 Å². The Kier molecular flexibility index (Phi) is 5.57. The van der Waals surface area contributed by atoms with Gasteiger partial charge in [0.1, 0.15) is 11.5 Å². The molecule has 3 aromatic carbocycles. The number of amides is 1. The molecule has 0 fully saturated rings. The minimum absolute atomic E-state index is 0.0921. The first-order valence-electron chi connectivity index (χ1n) is 9.63. The van der Waals surface area contributed by atoms with Crippen LogP contribution in [0, 0.1) is 0 Å². The molecule has 4 rings (SSSR count). The number of carbonyl (C=O) groups is 1. The summed E-state index contributed by atoms with van der Waals surface area (Å²) in [5, 5.41) is 8.46. The molecule has 150 valence electrons. The number of aromatic nitrogens is 2. The van der Waals surface area contributed by atoms with Crippen molar-refractivity contribution >= 4 is 16.7 Å². The third kappa shape index (κ3) is 4.38. The quantitative estimate of drug-likeness (QED) is 0.538. The van der Waals surface area contributed by atoms with Crippen molar-refractivity contribution in [2.24, 2.45) is 7.05 Å². The van der Waals surface area contributed by atoms with E-state index in [-0.39, 0.29) is 17.9 Å². The molecule has 6 heteroatoms. The fraction of sp³-hybridized carbons (Fsp3) is 0.125. The Balaban J connectivity index is 1.44. The number of hydrogen-bond donors (Lipinski definition) is 1. The van der Waals surface area contributed by atoms with E-state index in [0.29, 0.717) is 28.8 Å². The number of aryl methyl sites for hydroxylation is 1. The van der Waals surface area contributed by atoms with Crippen molar-refractivity contribution in [1.29, 1.82) is 0 Å². The van der Waals surface area contributed by atoms with Crippen LogP contribution in [0.15, 0.2) is 83.7 Å². The maximum Gasteiger partial charge on any atom is 0.274 e. The zero-order chi connectivity index (χ0) is 20.9. The fourth-order valence-corrected chi connectivity index (χ4v) is 3.27. The molecule has 6 nitrogen and oxygen atoms in total. The van der Waals surface area contributed by atoms with Gasteiger partial charge in [-0.2, -0.15) is 5.10 Å². The van der Waals surface area contributed by atoms with Crippen molar-refractivity contribution in [2.45, 2.75) is 13.0 Å². The average Bonchev–Trinajstić information content (AvgIpc) is 2.77. The highest BCUT2D eigenvalue weighted by molar-refractivity contribution is 5.88. The largest absolute Gasteiger partial charge is 0.457 e. The number of nitrogens with zero attached hydrogens (tertiary/aromatic N) is 2. The Morgan fingerprint density at radius 3 is 2.43 bits per heavy atom. The van der Waals surface area contributed by atoms with E-state index in [0.717, 1.165) is 11.3 Å². The van der Waals surface area contributed by atoms with Gasteiger partial charge in [-0.15, -0.1) is 0 Å². The first-order valence-corrected chi connectivity index (χ1v) is 9.63. The Bertz CT molecular complexity index is 1250. The van der Waals surface area contributed by atoms with Gasteiger partial charge in [0.15, 0.2) is 0 Å². The summed E-state index contributed by atoms with van der Waals surface area (Å²) in [6, 6.07) is 24.3. The average molecular weight is 399 g/mol. The van der Waals surface area contributed by atoms with Crippen molar-refractivity contribution < 1.29 is 9.53 Å². The molecule has 30 heavy (non-hydrogen) atoms. The molecule has 0 saturated heterocycles. The van der Waals surface area contributed by atoms with Crippen molar-refractivity contribution in [3.05, 3.63) is 100 Å². The number of para-hydroxylation sites is 1. The number of fused-ring (bicyclic) bond motifs is 1. The number of ether oxygens (including phenoxy) is 1. The maximum absolute atomic E-state index is 12.5. The molecule has 0 aliphatic heterocycles. The minimum Gasteiger partial charge on any atom is -0.457 e. The second kappa shape index (κ2) is 8.61. The van der Waals surface area contributed by atoms with Gasteiger partial charge in [-0.1, -0.05) is 48.5 Å². The maximum atomic E-state index is 12.5. The molecule has 4 aromatic rings. The van der Waals surface area contributed by atoms with Crippen LogP contribution in [0.2, 0.25) is 0 Å². The monoisotopic (exact) mass is 399 g/mol. The van der Waals surface area contributed by atoms with Gasteiger partial charge in [-0.05, 0) is 35.9 Å². The van der Waals surface area contributed by atoms with E-state index in [4.69, 9.17) is 4.74 Å². The Morgan fingerprint density at radius 2 is 1.63 bits per heavy atom. The molecule has 0 unspecified atom stereocenters. The normalized spacial score (nSPS) is 10.7. The zero-order valence-corrected chi connectivity index (χ0v) is 16.5. The minimum atomic E-state index is -0.176. The standard InChI is InChI=1S/C24H21N3O3/c1-27-24(29)21-13-6-5-12-20(21)22(26-27)15-23(28)25-16-17-8-7-11-19(14-17)30-18-9-3-2-4-10-18/h2-14H,15-16H2,1H3,(H,25,28). The van der Waals surface area contributed by atoms with Gasteiger partial charge in [0.05, 0.1) is 17.5 Å². The third-order valence-electron chi connectivity index (χ3n) is 4.73. The second-order valence-corrected chi connectivity index (χ2v) is 6.94. The van der Waals surface area contributed by atoms with Crippen LogP contribution in [-0.4, -0.2) is 15.7 Å². The van der Waals surface area contributed by atoms with Gasteiger partial charge in [-0.3, -0.25) is 9.59 Å². The summed E-state index contributed by atoms with van der Waals surface area (Å²) in [7, 11) is 1.59. The van der Waals surface area contributed by atoms with E-state index >= 15 is 0 Å². The topological polar surface area (TPSA) is 73.2 Å². The highest BCUT2D eigenvalue weighted by Gasteiger charge is 2.12. The molecule has 0 aliphatic carbocycles. The van der Waals surface area contributed by atoms with Crippen molar-refractivity contribution in [3.8, 4) is 11.5 Å². The number of rotatable bonds is 6. The molecular formula is C24H21N3O3. The lowest BCUT2D eigenvalue weighted by atomic mass is 10.1. The Hall–Kier alpha value is -3.93. The highest BCUT2D eigenvalue weighted by atomic mass is 16.5. The van der Waals surface area contributed by atoms with Gasteiger partial charge < -0.3 is 10.1 Å². The van der Waals surface area contributed by atoms with Gasteiger partial charge in [-0.25, -0.2) is 4.68 Å². The van der Waals surface area contributed by atoms with Crippen LogP contribution < -0.4 is 15.6 Å². The molecule has 0 bridgehead atoms. The van der Waals surface area contributed by atoms with Crippen LogP contribution in [-0.2, 0) is 24.8 Å². The predicted molar refractivity (Wildman–Crippen MR) is 115 cm³/mol. The van der Waals surface area contributed by atoms with E-state index in [1.54, 1.807) is 19.2 Å². The van der Waals surface area contributed by atoms with E-state index in [9.17, 15) is 9.59 Å². The number of benzene rings is 3. The SMILES string of the molecule is Cn1nc(CC(=O)NCc2cccc(Oc3ccccc3)c2)c2ccccc2c1=O. The Labute approximate surface area is 173 Å². The van der Waals surface area contributed by atoms with Crippen LogP contribution >= 0.6 is 0 Å². The molecule has 0 saturated carbocycles. The molecule has 0 aliphatic rings. The predicted octanol–water partition coefficient (Wildman–Crippen LogP) is 3.58. The summed E-state index contributed by atoms with van der Waals surface area (Å²) in [6.07, 6.45) is 0.0921. The lowest BCUT2D eigenvalue weighted by Crippen LogP contribution is -2.27. The lowest BCUT2D eigenvalue weighted by Gasteiger charge is -2.10. The van der Waals surface area contributed by atoms with Crippen LogP contribution in [0.3, 0.4) is 0 Å². The van der Waals surface area contributed by atoms with Crippen LogP contribution in [0.25, 0.3) is 10.8 Å². The summed E-state index contributed by atoms with van der Waals surface area (Å²) in [5.74, 6) is 1.30. The van der Waals surface area contributed by atoms with Gasteiger partial charge in [0, 0.05) is 19.0 Å². The summed E-state index contributed by atoms with van der Waals surface area (Å²) in [4.78, 5) is 24.8. The van der Waals surface area contributed by atoms with Crippen LogP contribution in [0.4, 0.5) is 0 Å². The number of carbonyl (C=O) groups excluding carboxylic acids is 1. The van der Waals surface area contributed by atoms with Crippen LogP contribution in [0.5, 0.6) is 11.5 Å². The summed E-state index contributed by atoms with van der Waals surface area (Å²) < 4.78 is 7.11. The van der Waals surface area contributed by atoms with E-state index in [2.05, 4.69) is 10.4 Å². The highest BCUT2D eigenvalue weighted by Crippen LogP contribution is 2.21.